The number of likely N-dealkylation sites (tertiary alicyclic amines) is 1. The molecule has 1 aliphatic heterocycles. The second-order valence-electron chi connectivity index (χ2n) is 4.46. The van der Waals surface area contributed by atoms with Crippen molar-refractivity contribution < 1.29 is 14.3 Å². The summed E-state index contributed by atoms with van der Waals surface area (Å²) >= 11 is 0. The van der Waals surface area contributed by atoms with Crippen molar-refractivity contribution in [2.75, 3.05) is 6.54 Å². The van der Waals surface area contributed by atoms with E-state index in [-0.39, 0.29) is 24.0 Å². The van der Waals surface area contributed by atoms with Crippen molar-refractivity contribution in [1.82, 2.24) is 4.90 Å². The first-order valence-corrected chi connectivity index (χ1v) is 5.20. The van der Waals surface area contributed by atoms with E-state index in [1.54, 1.807) is 0 Å². The summed E-state index contributed by atoms with van der Waals surface area (Å²) in [6.45, 7) is 5.97. The quantitative estimate of drug-likeness (QED) is 0.516. The highest BCUT2D eigenvalue weighted by Crippen LogP contribution is 2.40. The summed E-state index contributed by atoms with van der Waals surface area (Å²) in [6.07, 6.45) is 2.69. The van der Waals surface area contributed by atoms with E-state index in [9.17, 15) is 9.59 Å². The van der Waals surface area contributed by atoms with Crippen molar-refractivity contribution in [1.29, 1.82) is 0 Å². The van der Waals surface area contributed by atoms with E-state index in [4.69, 9.17) is 4.74 Å². The molecule has 1 heterocycles. The van der Waals surface area contributed by atoms with Crippen LogP contribution in [0.5, 0.6) is 0 Å². The molecule has 0 aromatic carbocycles. The lowest BCUT2D eigenvalue weighted by atomic mass is 10.4. The fraction of sp³-hybridized carbons (Fsp3) is 0.636. The Kier molecular flexibility index (Phi) is 2.29. The molecule has 4 nitrogen and oxygen atoms in total. The minimum absolute atomic E-state index is 0.0943. The van der Waals surface area contributed by atoms with Gasteiger partial charge in [-0.25, -0.2) is 0 Å². The summed E-state index contributed by atoms with van der Waals surface area (Å²) in [7, 11) is 0. The summed E-state index contributed by atoms with van der Waals surface area (Å²) in [5.74, 6) is 0.273. The van der Waals surface area contributed by atoms with Crippen LogP contribution in [0.4, 0.5) is 0 Å². The zero-order chi connectivity index (χ0) is 11.1. The molecule has 2 amide bonds. The van der Waals surface area contributed by atoms with Crippen LogP contribution >= 0.6 is 0 Å². The molecule has 0 unspecified atom stereocenters. The Morgan fingerprint density at radius 2 is 1.93 bits per heavy atom. The van der Waals surface area contributed by atoms with Gasteiger partial charge in [0.15, 0.2) is 0 Å². The molecule has 0 aromatic heterocycles. The van der Waals surface area contributed by atoms with Crippen LogP contribution in [0.2, 0.25) is 0 Å². The molecule has 1 saturated heterocycles. The van der Waals surface area contributed by atoms with Gasteiger partial charge in [-0.1, -0.05) is 6.58 Å². The number of carbonyl (C=O) groups is 2. The standard InChI is InChI=1S/C11H15NO3/c1-8(15-11(2)5-6-11)7-12-9(13)3-4-10(12)14/h1,3-7H2,2H3. The first kappa shape index (κ1) is 10.2. The maximum absolute atomic E-state index is 11.3. The van der Waals surface area contributed by atoms with Gasteiger partial charge in [0.25, 0.3) is 0 Å². The molecule has 0 bridgehead atoms. The number of amides is 2. The molecule has 4 heteroatoms. The van der Waals surface area contributed by atoms with Crippen LogP contribution in [-0.2, 0) is 14.3 Å². The lowest BCUT2D eigenvalue weighted by molar-refractivity contribution is -0.138. The van der Waals surface area contributed by atoms with Crippen LogP contribution in [0.3, 0.4) is 0 Å². The fourth-order valence-corrected chi connectivity index (χ4v) is 1.63. The molecule has 2 aliphatic rings. The number of rotatable bonds is 4. The normalized spacial score (nSPS) is 23.1. The predicted octanol–water partition coefficient (Wildman–Crippen LogP) is 1.22. The van der Waals surface area contributed by atoms with E-state index < -0.39 is 0 Å². The Morgan fingerprint density at radius 3 is 2.40 bits per heavy atom. The van der Waals surface area contributed by atoms with Gasteiger partial charge in [0.2, 0.25) is 11.8 Å². The van der Waals surface area contributed by atoms with Gasteiger partial charge in [-0.2, -0.15) is 0 Å². The maximum Gasteiger partial charge on any atom is 0.230 e. The van der Waals surface area contributed by atoms with Gasteiger partial charge in [-0.05, 0) is 19.8 Å². The van der Waals surface area contributed by atoms with Crippen LogP contribution in [0.1, 0.15) is 32.6 Å². The predicted molar refractivity (Wildman–Crippen MR) is 53.8 cm³/mol. The third kappa shape index (κ3) is 2.19. The molecule has 2 fully saturated rings. The van der Waals surface area contributed by atoms with Gasteiger partial charge in [0, 0.05) is 12.8 Å². The summed E-state index contributed by atoms with van der Waals surface area (Å²) in [4.78, 5) is 23.8. The van der Waals surface area contributed by atoms with E-state index in [0.29, 0.717) is 18.6 Å². The lowest BCUT2D eigenvalue weighted by Gasteiger charge is -2.19. The number of carbonyl (C=O) groups excluding carboxylic acids is 2. The monoisotopic (exact) mass is 209 g/mol. The van der Waals surface area contributed by atoms with Crippen LogP contribution in [-0.4, -0.2) is 28.9 Å². The van der Waals surface area contributed by atoms with Crippen molar-refractivity contribution in [3.63, 3.8) is 0 Å². The topological polar surface area (TPSA) is 46.6 Å². The zero-order valence-corrected chi connectivity index (χ0v) is 8.91. The highest BCUT2D eigenvalue weighted by Gasteiger charge is 2.41. The summed E-state index contributed by atoms with van der Waals surface area (Å²) in [6, 6.07) is 0. The SMILES string of the molecule is C=C(CN1C(=O)CCC1=O)OC1(C)CC1. The van der Waals surface area contributed by atoms with E-state index >= 15 is 0 Å². The Morgan fingerprint density at radius 1 is 1.40 bits per heavy atom. The van der Waals surface area contributed by atoms with Gasteiger partial charge in [0.05, 0.1) is 6.54 Å². The molecule has 0 radical (unpaired) electrons. The van der Waals surface area contributed by atoms with Gasteiger partial charge < -0.3 is 4.74 Å². The first-order valence-electron chi connectivity index (χ1n) is 5.20. The smallest absolute Gasteiger partial charge is 0.230 e. The Labute approximate surface area is 88.9 Å². The van der Waals surface area contributed by atoms with Gasteiger partial charge in [-0.15, -0.1) is 0 Å². The average Bonchev–Trinajstić information content (AvgIpc) is 2.80. The van der Waals surface area contributed by atoms with Crippen LogP contribution in [0.15, 0.2) is 12.3 Å². The third-order valence-corrected chi connectivity index (χ3v) is 2.83. The highest BCUT2D eigenvalue weighted by molar-refractivity contribution is 6.02. The second kappa shape index (κ2) is 3.36. The lowest BCUT2D eigenvalue weighted by Crippen LogP contribution is -2.32. The zero-order valence-electron chi connectivity index (χ0n) is 8.91. The summed E-state index contributed by atoms with van der Waals surface area (Å²) < 4.78 is 5.57. The molecule has 0 N–H and O–H groups in total. The van der Waals surface area contributed by atoms with Crippen LogP contribution < -0.4 is 0 Å². The molecule has 0 atom stereocenters. The second-order valence-corrected chi connectivity index (χ2v) is 4.46. The number of imide groups is 1. The number of ether oxygens (including phenoxy) is 1. The molecule has 1 aliphatic carbocycles. The van der Waals surface area contributed by atoms with Crippen molar-refractivity contribution in [3.8, 4) is 0 Å². The fourth-order valence-electron chi connectivity index (χ4n) is 1.63. The van der Waals surface area contributed by atoms with Crippen molar-refractivity contribution in [3.05, 3.63) is 12.3 Å². The molecule has 1 saturated carbocycles. The largest absolute Gasteiger partial charge is 0.491 e. The Hall–Kier alpha value is -1.32. The van der Waals surface area contributed by atoms with Gasteiger partial charge >= 0.3 is 0 Å². The molecular formula is C11H15NO3. The van der Waals surface area contributed by atoms with Gasteiger partial charge in [-0.3, -0.25) is 14.5 Å². The molecule has 15 heavy (non-hydrogen) atoms. The Bertz CT molecular complexity index is 315. The van der Waals surface area contributed by atoms with Crippen molar-refractivity contribution >= 4 is 11.8 Å². The number of hydrogen-bond acceptors (Lipinski definition) is 3. The minimum atomic E-state index is -0.120. The molecular weight excluding hydrogens is 194 g/mol. The van der Waals surface area contributed by atoms with Crippen LogP contribution in [0.25, 0.3) is 0 Å². The summed E-state index contributed by atoms with van der Waals surface area (Å²) in [5.41, 5.74) is -0.0943. The van der Waals surface area contributed by atoms with Crippen molar-refractivity contribution in [2.24, 2.45) is 0 Å². The number of hydrogen-bond donors (Lipinski definition) is 0. The molecule has 2 rings (SSSR count). The van der Waals surface area contributed by atoms with Gasteiger partial charge in [0.1, 0.15) is 11.4 Å². The number of nitrogens with zero attached hydrogens (tertiary/aromatic N) is 1. The third-order valence-electron chi connectivity index (χ3n) is 2.83. The van der Waals surface area contributed by atoms with E-state index in [0.717, 1.165) is 12.8 Å². The van der Waals surface area contributed by atoms with E-state index in [1.165, 1.54) is 4.90 Å². The Balaban J connectivity index is 1.88. The van der Waals surface area contributed by atoms with E-state index in [1.807, 2.05) is 6.92 Å². The minimum Gasteiger partial charge on any atom is -0.491 e. The molecule has 82 valence electrons. The van der Waals surface area contributed by atoms with Crippen LogP contribution in [0, 0.1) is 0 Å². The maximum atomic E-state index is 11.3. The first-order chi connectivity index (χ1) is 7.00. The van der Waals surface area contributed by atoms with Crippen molar-refractivity contribution in [2.45, 2.75) is 38.2 Å². The molecule has 0 aromatic rings. The van der Waals surface area contributed by atoms with E-state index in [2.05, 4.69) is 6.58 Å². The average molecular weight is 209 g/mol. The molecule has 0 spiro atoms. The highest BCUT2D eigenvalue weighted by atomic mass is 16.5. The summed E-state index contributed by atoms with van der Waals surface area (Å²) in [5, 5.41) is 0.